The average molecular weight is 656 g/mol. The predicted octanol–water partition coefficient (Wildman–Crippen LogP) is 8.85. The Morgan fingerprint density at radius 1 is 0.400 bits per heavy atom. The van der Waals surface area contributed by atoms with Gasteiger partial charge >= 0.3 is 171 Å². The molecule has 0 saturated carbocycles. The van der Waals surface area contributed by atoms with Crippen LogP contribution in [0.15, 0.2) is 0 Å². The molecule has 0 nitrogen and oxygen atoms in total. The second-order valence-electron chi connectivity index (χ2n) is 7.45. The van der Waals surface area contributed by atoms with Crippen molar-refractivity contribution >= 4 is 45.2 Å². The van der Waals surface area contributed by atoms with Crippen LogP contribution < -0.4 is 0 Å². The Hall–Kier alpha value is 2.81. The zero-order valence-electron chi connectivity index (χ0n) is 18.3. The van der Waals surface area contributed by atoms with Crippen LogP contribution in [0.5, 0.6) is 0 Å². The first-order valence-corrected chi connectivity index (χ1v) is 37.5. The Labute approximate surface area is 170 Å². The number of hydrogen-bond donors (Lipinski definition) is 0. The molecule has 25 heavy (non-hydrogen) atoms. The van der Waals surface area contributed by atoms with Gasteiger partial charge in [0.15, 0.2) is 0 Å². The fourth-order valence-corrected chi connectivity index (χ4v) is 256. The van der Waals surface area contributed by atoms with E-state index in [1.165, 1.54) is 55.5 Å². The van der Waals surface area contributed by atoms with Crippen LogP contribution in [0.2, 0.25) is 0 Å². The van der Waals surface area contributed by atoms with Gasteiger partial charge in [-0.1, -0.05) is 0 Å². The third-order valence-corrected chi connectivity index (χ3v) is 206. The second-order valence-corrected chi connectivity index (χ2v) is 113. The van der Waals surface area contributed by atoms with Crippen molar-refractivity contribution in [1.82, 2.24) is 0 Å². The van der Waals surface area contributed by atoms with Gasteiger partial charge in [-0.25, -0.2) is 0 Å². The van der Waals surface area contributed by atoms with Gasteiger partial charge in [0.2, 0.25) is 0 Å². The molecular formula is C18H48Cl3IrP3. The number of hydrogen-bond acceptors (Lipinski definition) is 0. The van der Waals surface area contributed by atoms with Crippen LogP contribution in [0.1, 0.15) is 62.3 Å². The van der Waals surface area contributed by atoms with Crippen molar-refractivity contribution in [2.45, 2.75) is 62.3 Å². The van der Waals surface area contributed by atoms with Crippen LogP contribution >= 0.6 is 45.2 Å². The fourth-order valence-electron chi connectivity index (χ4n) is 5.64. The Balaban J connectivity index is 7.77. The van der Waals surface area contributed by atoms with E-state index in [9.17, 15) is 0 Å². The third kappa shape index (κ3) is 2.95. The molecule has 0 spiro atoms. The van der Waals surface area contributed by atoms with Gasteiger partial charge in [-0.15, -0.1) is 0 Å². The summed E-state index contributed by atoms with van der Waals surface area (Å²) in [7, 11) is 20.4. The van der Waals surface area contributed by atoms with E-state index in [2.05, 4.69) is 62.3 Å². The molecule has 0 radical (unpaired) electrons. The molecule has 7 heteroatoms. The first-order chi connectivity index (χ1) is 11.4. The van der Waals surface area contributed by atoms with E-state index in [0.29, 0.717) is 0 Å². The van der Waals surface area contributed by atoms with E-state index in [1.807, 2.05) is 0 Å². The van der Waals surface area contributed by atoms with E-state index in [-0.39, 0.29) is 0 Å². The zero-order chi connectivity index (χ0) is 20.3. The molecule has 0 aromatic heterocycles. The van der Waals surface area contributed by atoms with Crippen LogP contribution in [0.4, 0.5) is 0 Å². The topological polar surface area (TPSA) is 0 Å². The van der Waals surface area contributed by atoms with Crippen LogP contribution in [0.25, 0.3) is 0 Å². The summed E-state index contributed by atoms with van der Waals surface area (Å²) < 4.78 is 0. The number of halogens is 3. The van der Waals surface area contributed by atoms with E-state index < -0.39 is 24.9 Å². The summed E-state index contributed by atoms with van der Waals surface area (Å²) in [6.07, 6.45) is 10.5. The van der Waals surface area contributed by atoms with Gasteiger partial charge < -0.3 is 0 Å². The summed E-state index contributed by atoms with van der Waals surface area (Å²) in [5.74, 6) is 0. The van der Waals surface area contributed by atoms with Crippen LogP contribution in [0.3, 0.4) is 0 Å². The molecule has 0 N–H and O–H groups in total. The van der Waals surface area contributed by atoms with Crippen molar-refractivity contribution in [3.63, 3.8) is 0 Å². The zero-order valence-corrected chi connectivity index (χ0v) is 26.0. The maximum atomic E-state index is 8.42. The molecular weight excluding hydrogens is 608 g/mol. The van der Waals surface area contributed by atoms with Crippen LogP contribution in [-0.2, 0) is 8.36 Å². The van der Waals surface area contributed by atoms with E-state index in [0.717, 1.165) is 0 Å². The van der Waals surface area contributed by atoms with Gasteiger partial charge in [0.25, 0.3) is 0 Å². The molecule has 0 aliphatic carbocycles. The minimum absolute atomic E-state index is 1.17. The number of rotatable bonds is 12. The van der Waals surface area contributed by atoms with Crippen LogP contribution in [0, 0.1) is 0 Å². The van der Waals surface area contributed by atoms with Crippen molar-refractivity contribution in [2.75, 3.05) is 55.5 Å². The summed E-state index contributed by atoms with van der Waals surface area (Å²) in [6, 6.07) is 0. The Bertz CT molecular complexity index is 361. The molecule has 0 rings (SSSR count). The van der Waals surface area contributed by atoms with Crippen LogP contribution in [-0.4, -0.2) is 55.5 Å². The van der Waals surface area contributed by atoms with Crippen molar-refractivity contribution in [2.24, 2.45) is 0 Å². The Kier molecular flexibility index (Phi) is 9.89. The second kappa shape index (κ2) is 8.89. The molecule has 0 heterocycles. The molecule has 0 fully saturated rings. The minimum atomic E-state index is -4.88. The van der Waals surface area contributed by atoms with Crippen molar-refractivity contribution in [1.29, 1.82) is 0 Å². The van der Waals surface area contributed by atoms with Gasteiger partial charge in [-0.3, -0.25) is 0 Å². The van der Waals surface area contributed by atoms with Gasteiger partial charge in [-0.05, 0) is 0 Å². The molecule has 0 atom stereocenters. The predicted molar refractivity (Wildman–Crippen MR) is 137 cm³/mol. The maximum absolute atomic E-state index is 8.42. The summed E-state index contributed by atoms with van der Waals surface area (Å²) in [5.41, 5.74) is -6.03. The summed E-state index contributed by atoms with van der Waals surface area (Å²) >= 11 is 0. The fraction of sp³-hybridized carbons (Fsp3) is 1.00. The third-order valence-electron chi connectivity index (χ3n) is 7.82. The van der Waals surface area contributed by atoms with Gasteiger partial charge in [0.05, 0.1) is 0 Å². The van der Waals surface area contributed by atoms with Crippen molar-refractivity contribution < 1.29 is 8.36 Å². The first-order valence-electron chi connectivity index (χ1n) is 10.4. The Morgan fingerprint density at radius 3 is 0.600 bits per heavy atom. The monoisotopic (exact) mass is 655 g/mol. The summed E-state index contributed by atoms with van der Waals surface area (Å²) in [6.45, 7) is 21.3. The molecule has 0 saturated heterocycles. The van der Waals surface area contributed by atoms with E-state index >= 15 is 0 Å². The summed E-state index contributed by atoms with van der Waals surface area (Å²) in [4.78, 5) is 0. The SMILES string of the molecule is CC[PH](CC)(CC)[Ir]([Cl])([Cl])([Cl])([PH](CC)(CC)CC)[PH](CC)(CC)CC. The van der Waals surface area contributed by atoms with Crippen molar-refractivity contribution in [3.05, 3.63) is 0 Å². The molecule has 0 aliphatic rings. The molecule has 0 aliphatic heterocycles. The standard InChI is InChI=1S/3C6H15P.3ClH.Ir/c3*1-4-7(5-2)6-3;;;;/h3*4-6H2,1-3H3;3*1H;. The normalized spacial score (nSPS) is 19.2. The van der Waals surface area contributed by atoms with E-state index in [1.54, 1.807) is 0 Å². The molecule has 0 unspecified atom stereocenters. The average Bonchev–Trinajstić information content (AvgIpc) is 2.59. The quantitative estimate of drug-likeness (QED) is 0.184. The molecule has 0 bridgehead atoms. The molecule has 0 aromatic carbocycles. The van der Waals surface area contributed by atoms with Gasteiger partial charge in [0, 0.05) is 0 Å². The Morgan fingerprint density at radius 2 is 0.520 bits per heavy atom. The summed E-state index contributed by atoms with van der Waals surface area (Å²) in [5, 5.41) is 0. The van der Waals surface area contributed by atoms with Gasteiger partial charge in [-0.2, -0.15) is 0 Å². The molecule has 165 valence electrons. The molecule has 0 amide bonds. The van der Waals surface area contributed by atoms with E-state index in [4.69, 9.17) is 28.8 Å². The van der Waals surface area contributed by atoms with Crippen molar-refractivity contribution in [3.8, 4) is 0 Å². The first kappa shape index (κ1) is 27.8. The van der Waals surface area contributed by atoms with Gasteiger partial charge in [0.1, 0.15) is 0 Å². The molecule has 0 aromatic rings.